The molecule has 0 aliphatic heterocycles. The molecule has 2 aromatic heterocycles. The van der Waals surface area contributed by atoms with Crippen molar-refractivity contribution in [2.24, 2.45) is 0 Å². The fourth-order valence-electron chi connectivity index (χ4n) is 19.5. The van der Waals surface area contributed by atoms with Gasteiger partial charge in [-0.1, -0.05) is 334 Å². The van der Waals surface area contributed by atoms with Gasteiger partial charge in [0.25, 0.3) is 0 Å². The zero-order valence-electron chi connectivity index (χ0n) is 62.0. The highest BCUT2D eigenvalue weighted by atomic mass is 16.3. The molecule has 0 aliphatic rings. The van der Waals surface area contributed by atoms with E-state index in [0.29, 0.717) is 0 Å². The molecule has 2 heterocycles. The van der Waals surface area contributed by atoms with Gasteiger partial charge in [0.2, 0.25) is 0 Å². The van der Waals surface area contributed by atoms with E-state index >= 15 is 0 Å². The topological polar surface area (TPSA) is 18.1 Å². The van der Waals surface area contributed by atoms with Crippen molar-refractivity contribution in [2.75, 3.05) is 0 Å². The van der Waals surface area contributed by atoms with Gasteiger partial charge in [0.1, 0.15) is 11.2 Å². The molecule has 0 spiro atoms. The molecule has 24 aromatic rings. The Balaban J connectivity index is 0.736. The van der Waals surface area contributed by atoms with Crippen LogP contribution in [0.1, 0.15) is 0 Å². The lowest BCUT2D eigenvalue weighted by molar-refractivity contribution is 0.669. The first-order valence-electron chi connectivity index (χ1n) is 39.5. The van der Waals surface area contributed by atoms with Gasteiger partial charge < -0.3 is 8.98 Å². The van der Waals surface area contributed by atoms with E-state index < -0.39 is 0 Å². The van der Waals surface area contributed by atoms with Crippen molar-refractivity contribution in [3.8, 4) is 94.7 Å². The highest BCUT2D eigenvalue weighted by molar-refractivity contribution is 6.26. The van der Waals surface area contributed by atoms with Gasteiger partial charge in [-0.2, -0.15) is 0 Å². The van der Waals surface area contributed by atoms with E-state index in [-0.39, 0.29) is 0 Å². The van der Waals surface area contributed by atoms with Crippen molar-refractivity contribution in [1.29, 1.82) is 0 Å². The van der Waals surface area contributed by atoms with E-state index in [1.54, 1.807) is 0 Å². The second kappa shape index (κ2) is 25.3. The van der Waals surface area contributed by atoms with E-state index in [9.17, 15) is 0 Å². The summed E-state index contributed by atoms with van der Waals surface area (Å²) < 4.78 is 9.30. The third-order valence-electron chi connectivity index (χ3n) is 24.7. The Bertz CT molecular complexity index is 8230. The average molecular weight is 1440 g/mol. The third kappa shape index (κ3) is 9.94. The van der Waals surface area contributed by atoms with Gasteiger partial charge in [0.05, 0.1) is 11.0 Å². The van der Waals surface area contributed by atoms with Gasteiger partial charge in [-0.25, -0.2) is 0 Å². The molecule has 0 amide bonds. The van der Waals surface area contributed by atoms with Crippen molar-refractivity contribution in [3.05, 3.63) is 406 Å². The van der Waals surface area contributed by atoms with Crippen LogP contribution >= 0.6 is 0 Å². The molecular weight excluding hydrogens is 1380 g/mol. The SMILES string of the molecule is c1ccc(-n2c3cc(-c4c5ccccc5c(-c5ccc6ccccc6c5)c5ccc(-c6ccc7c(-c8ccc9oc%10ccc(-c%11cccc%12c%11ccc%11ccccc%11%12)cc%10c9c8)c8ccccc8c(-c8cccc(-c9cccc%10ccccc9%10)c8)c7c6)cc45)ccc3c3ccc(-c4cccc5c4ccc4ccccc45)cc32)cc1. The normalized spacial score (nSPS) is 12.0. The summed E-state index contributed by atoms with van der Waals surface area (Å²) >= 11 is 0. The number of nitrogens with zero attached hydrogens (tertiary/aromatic N) is 1. The monoisotopic (exact) mass is 1440 g/mol. The van der Waals surface area contributed by atoms with Gasteiger partial charge in [0, 0.05) is 27.2 Å². The number of furan rings is 1. The Morgan fingerprint density at radius 1 is 0.149 bits per heavy atom. The highest BCUT2D eigenvalue weighted by Crippen LogP contribution is 2.51. The Morgan fingerprint density at radius 2 is 0.474 bits per heavy atom. The third-order valence-corrected chi connectivity index (χ3v) is 24.7. The van der Waals surface area contributed by atoms with Crippen molar-refractivity contribution in [1.82, 2.24) is 4.57 Å². The number of rotatable bonds is 9. The van der Waals surface area contributed by atoms with E-state index in [4.69, 9.17) is 4.42 Å². The molecule has 2 nitrogen and oxygen atoms in total. The molecule has 0 fully saturated rings. The van der Waals surface area contributed by atoms with Gasteiger partial charge in [0.15, 0.2) is 0 Å². The first kappa shape index (κ1) is 63.9. The largest absolute Gasteiger partial charge is 0.456 e. The predicted octanol–water partition coefficient (Wildman–Crippen LogP) is 31.6. The smallest absolute Gasteiger partial charge is 0.135 e. The maximum Gasteiger partial charge on any atom is 0.135 e. The summed E-state index contributed by atoms with van der Waals surface area (Å²) in [4.78, 5) is 0. The molecular formula is C112H67NO. The minimum atomic E-state index is 0.860. The average Bonchev–Trinajstić information content (AvgIpc) is 1.37. The number of hydrogen-bond donors (Lipinski definition) is 0. The lowest BCUT2D eigenvalue weighted by Crippen LogP contribution is -1.95. The number of benzene rings is 22. The van der Waals surface area contributed by atoms with E-state index in [1.165, 1.54) is 174 Å². The number of para-hydroxylation sites is 1. The van der Waals surface area contributed by atoms with E-state index in [1.807, 2.05) is 0 Å². The van der Waals surface area contributed by atoms with Crippen LogP contribution in [0.4, 0.5) is 0 Å². The summed E-state index contributed by atoms with van der Waals surface area (Å²) in [5.74, 6) is 0. The van der Waals surface area contributed by atoms with Crippen molar-refractivity contribution in [3.63, 3.8) is 0 Å². The first-order valence-corrected chi connectivity index (χ1v) is 39.5. The molecule has 0 aliphatic carbocycles. The zero-order valence-corrected chi connectivity index (χ0v) is 62.0. The number of hydrogen-bond acceptors (Lipinski definition) is 1. The minimum Gasteiger partial charge on any atom is -0.456 e. The van der Waals surface area contributed by atoms with Gasteiger partial charge in [-0.05, 0) is 270 Å². The highest BCUT2D eigenvalue weighted by Gasteiger charge is 2.25. The Morgan fingerprint density at radius 3 is 1.07 bits per heavy atom. The van der Waals surface area contributed by atoms with Gasteiger partial charge in [-0.3, -0.25) is 0 Å². The number of fused-ring (bicyclic) bond motifs is 18. The lowest BCUT2D eigenvalue weighted by Gasteiger charge is -2.20. The molecule has 0 saturated carbocycles. The maximum absolute atomic E-state index is 6.80. The fourth-order valence-corrected chi connectivity index (χ4v) is 19.5. The molecule has 0 saturated heterocycles. The van der Waals surface area contributed by atoms with Crippen LogP contribution in [0.15, 0.2) is 411 Å². The van der Waals surface area contributed by atoms with Crippen LogP contribution in [0.5, 0.6) is 0 Å². The molecule has 24 rings (SSSR count). The maximum atomic E-state index is 6.80. The van der Waals surface area contributed by atoms with Crippen LogP contribution in [0.25, 0.3) is 246 Å². The standard InChI is InChI=1S/C112H67NO/c1-2-28-82(29-3-1)113-105-66-77(88-39-19-41-90-85-32-11-8-23-71(85)45-53-92(88)90)48-54-93(105)94-55-49-81(67-106(94)113)112-98-36-15-12-33-95(98)109(79-43-42-68-20-4-5-24-72(68)60-79)99-56-46-74(63-104(99)112)73-47-57-100-103(62-73)111(78-27-16-26-75(61-78)86-37-17-25-69-21-6-9-30-83(69)86)97-35-14-13-34-96(97)110(100)80-51-59-108-102(65-80)101-64-76(50-58-107(101)114-108)87-38-18-40-89-84-31-10-7-22-70(84)44-52-91(87)89/h1-67H. The summed E-state index contributed by atoms with van der Waals surface area (Å²) in [5.41, 5.74) is 24.0. The van der Waals surface area contributed by atoms with Crippen LogP contribution in [0.2, 0.25) is 0 Å². The van der Waals surface area contributed by atoms with Crippen LogP contribution < -0.4 is 0 Å². The van der Waals surface area contributed by atoms with Gasteiger partial charge in [-0.15, -0.1) is 0 Å². The Kier molecular flexibility index (Phi) is 14.2. The first-order chi connectivity index (χ1) is 56.5. The molecule has 0 atom stereocenters. The van der Waals surface area contributed by atoms with E-state index in [0.717, 1.165) is 72.0 Å². The fraction of sp³-hybridized carbons (Fsp3) is 0. The molecule has 526 valence electrons. The molecule has 0 unspecified atom stereocenters. The molecule has 22 aromatic carbocycles. The summed E-state index contributed by atoms with van der Waals surface area (Å²) in [6.07, 6.45) is 0. The van der Waals surface area contributed by atoms with Crippen LogP contribution in [0.3, 0.4) is 0 Å². The van der Waals surface area contributed by atoms with Crippen molar-refractivity contribution >= 4 is 151 Å². The zero-order chi connectivity index (χ0) is 74.6. The molecule has 114 heavy (non-hydrogen) atoms. The van der Waals surface area contributed by atoms with Crippen molar-refractivity contribution < 1.29 is 4.42 Å². The summed E-state index contributed by atoms with van der Waals surface area (Å²) in [6.45, 7) is 0. The van der Waals surface area contributed by atoms with Crippen LogP contribution in [-0.4, -0.2) is 4.57 Å². The summed E-state index contributed by atoms with van der Waals surface area (Å²) in [5, 5.41) is 29.0. The number of aromatic nitrogens is 1. The van der Waals surface area contributed by atoms with E-state index in [2.05, 4.69) is 411 Å². The lowest BCUT2D eigenvalue weighted by atomic mass is 9.83. The quantitative estimate of drug-likeness (QED) is 0.104. The molecule has 0 bridgehead atoms. The Labute approximate surface area is 657 Å². The molecule has 0 radical (unpaired) electrons. The van der Waals surface area contributed by atoms with Crippen LogP contribution in [-0.2, 0) is 0 Å². The van der Waals surface area contributed by atoms with Gasteiger partial charge >= 0.3 is 0 Å². The predicted molar refractivity (Wildman–Crippen MR) is 487 cm³/mol. The second-order valence-electron chi connectivity index (χ2n) is 30.8. The second-order valence-corrected chi connectivity index (χ2v) is 30.8. The summed E-state index contributed by atoms with van der Waals surface area (Å²) in [7, 11) is 0. The Hall–Kier alpha value is -15.0. The molecule has 2 heteroatoms. The van der Waals surface area contributed by atoms with Crippen LogP contribution in [0, 0.1) is 0 Å². The summed E-state index contributed by atoms with van der Waals surface area (Å²) in [6, 6.07) is 152. The molecule has 0 N–H and O–H groups in total. The van der Waals surface area contributed by atoms with Crippen molar-refractivity contribution in [2.45, 2.75) is 0 Å². The minimum absolute atomic E-state index is 0.860.